The standard InChI is InChI=1S/C14H17ClN4O2S/c1-16-18-6-4-17(5-7-18)13(9-20)19-11-8-10(15)2-3-12(11)22-14(19)21/h2-3,8-9,13,16H,4-7H2,1H3. The molecule has 1 aromatic carbocycles. The fraction of sp³-hybridized carbons (Fsp3) is 0.429. The lowest BCUT2D eigenvalue weighted by Gasteiger charge is -2.37. The number of aldehydes is 1. The zero-order chi connectivity index (χ0) is 15.7. The average Bonchev–Trinajstić information content (AvgIpc) is 2.85. The van der Waals surface area contributed by atoms with E-state index in [-0.39, 0.29) is 4.87 Å². The third kappa shape index (κ3) is 2.82. The van der Waals surface area contributed by atoms with Gasteiger partial charge in [-0.3, -0.25) is 24.5 Å². The van der Waals surface area contributed by atoms with E-state index in [9.17, 15) is 9.59 Å². The van der Waals surface area contributed by atoms with E-state index < -0.39 is 6.17 Å². The van der Waals surface area contributed by atoms with Crippen LogP contribution in [-0.4, -0.2) is 54.0 Å². The second kappa shape index (κ2) is 6.47. The number of benzene rings is 1. The number of fused-ring (bicyclic) bond motifs is 1. The minimum atomic E-state index is -0.585. The molecule has 6 nitrogen and oxygen atoms in total. The molecule has 118 valence electrons. The van der Waals surface area contributed by atoms with E-state index >= 15 is 0 Å². The number of carbonyl (C=O) groups is 1. The van der Waals surface area contributed by atoms with Gasteiger partial charge in [0.25, 0.3) is 0 Å². The molecule has 0 spiro atoms. The summed E-state index contributed by atoms with van der Waals surface area (Å²) in [4.78, 5) is 25.9. The zero-order valence-corrected chi connectivity index (χ0v) is 13.7. The van der Waals surface area contributed by atoms with Crippen LogP contribution in [0.4, 0.5) is 0 Å². The molecule has 0 bridgehead atoms. The molecule has 1 N–H and O–H groups in total. The molecule has 1 saturated heterocycles. The SMILES string of the molecule is CNN1CCN(C(C=O)n2c(=O)sc3ccc(Cl)cc32)CC1. The molecule has 1 aromatic heterocycles. The highest BCUT2D eigenvalue weighted by Crippen LogP contribution is 2.25. The highest BCUT2D eigenvalue weighted by molar-refractivity contribution is 7.16. The number of hydrogen-bond donors (Lipinski definition) is 1. The number of halogens is 1. The van der Waals surface area contributed by atoms with Gasteiger partial charge in [-0.25, -0.2) is 5.01 Å². The van der Waals surface area contributed by atoms with Crippen LogP contribution in [0.2, 0.25) is 5.02 Å². The summed E-state index contributed by atoms with van der Waals surface area (Å²) in [6, 6.07) is 5.32. The van der Waals surface area contributed by atoms with Crippen LogP contribution in [0, 0.1) is 0 Å². The Balaban J connectivity index is 1.97. The fourth-order valence-corrected chi connectivity index (χ4v) is 3.83. The predicted octanol–water partition coefficient (Wildman–Crippen LogP) is 1.17. The summed E-state index contributed by atoms with van der Waals surface area (Å²) in [7, 11) is 1.88. The summed E-state index contributed by atoms with van der Waals surface area (Å²) < 4.78 is 2.39. The Kier molecular flexibility index (Phi) is 4.60. The van der Waals surface area contributed by atoms with Crippen molar-refractivity contribution < 1.29 is 4.79 Å². The molecule has 1 atom stereocenters. The molecule has 1 aliphatic heterocycles. The minimum absolute atomic E-state index is 0.134. The number of piperazine rings is 1. The lowest BCUT2D eigenvalue weighted by Crippen LogP contribution is -2.53. The maximum atomic E-state index is 12.3. The summed E-state index contributed by atoms with van der Waals surface area (Å²) in [6.07, 6.45) is 0.252. The number of nitrogens with one attached hydrogen (secondary N) is 1. The number of thiazole rings is 1. The molecular weight excluding hydrogens is 324 g/mol. The maximum absolute atomic E-state index is 12.3. The lowest BCUT2D eigenvalue weighted by atomic mass is 10.3. The third-order valence-electron chi connectivity index (χ3n) is 3.97. The average molecular weight is 341 g/mol. The van der Waals surface area contributed by atoms with Crippen LogP contribution in [0.1, 0.15) is 6.17 Å². The highest BCUT2D eigenvalue weighted by Gasteiger charge is 2.27. The van der Waals surface area contributed by atoms with Gasteiger partial charge < -0.3 is 0 Å². The molecule has 0 saturated carbocycles. The first-order chi connectivity index (χ1) is 10.6. The zero-order valence-electron chi connectivity index (χ0n) is 12.2. The first-order valence-electron chi connectivity index (χ1n) is 7.06. The van der Waals surface area contributed by atoms with Gasteiger partial charge in [-0.1, -0.05) is 22.9 Å². The Morgan fingerprint density at radius 3 is 2.68 bits per heavy atom. The van der Waals surface area contributed by atoms with Crippen molar-refractivity contribution >= 4 is 39.4 Å². The largest absolute Gasteiger partial charge is 0.309 e. The van der Waals surface area contributed by atoms with Crippen LogP contribution in [0.5, 0.6) is 0 Å². The van der Waals surface area contributed by atoms with E-state index in [1.165, 1.54) is 0 Å². The Hall–Kier alpha value is -1.25. The van der Waals surface area contributed by atoms with Crippen molar-refractivity contribution in [3.8, 4) is 0 Å². The number of hydrogen-bond acceptors (Lipinski definition) is 6. The molecule has 1 unspecified atom stereocenters. The van der Waals surface area contributed by atoms with Crippen LogP contribution < -0.4 is 10.3 Å². The van der Waals surface area contributed by atoms with Crippen molar-refractivity contribution in [2.75, 3.05) is 33.2 Å². The van der Waals surface area contributed by atoms with Crippen LogP contribution in [-0.2, 0) is 4.79 Å². The lowest BCUT2D eigenvalue weighted by molar-refractivity contribution is -0.116. The fourth-order valence-electron chi connectivity index (χ4n) is 2.78. The van der Waals surface area contributed by atoms with Crippen molar-refractivity contribution in [2.24, 2.45) is 0 Å². The van der Waals surface area contributed by atoms with Gasteiger partial charge in [-0.2, -0.15) is 0 Å². The Bertz CT molecular complexity index is 736. The van der Waals surface area contributed by atoms with E-state index in [1.807, 2.05) is 18.0 Å². The molecule has 0 amide bonds. The first-order valence-corrected chi connectivity index (χ1v) is 8.26. The number of rotatable bonds is 4. The van der Waals surface area contributed by atoms with Gasteiger partial charge in [0.1, 0.15) is 6.17 Å². The van der Waals surface area contributed by atoms with Gasteiger partial charge in [0.2, 0.25) is 0 Å². The molecule has 2 aromatic rings. The van der Waals surface area contributed by atoms with E-state index in [1.54, 1.807) is 16.7 Å². The van der Waals surface area contributed by atoms with Crippen LogP contribution in [0.15, 0.2) is 23.0 Å². The van der Waals surface area contributed by atoms with E-state index in [0.717, 1.165) is 40.9 Å². The Morgan fingerprint density at radius 2 is 2.05 bits per heavy atom. The van der Waals surface area contributed by atoms with Gasteiger partial charge in [-0.05, 0) is 25.2 Å². The van der Waals surface area contributed by atoms with Gasteiger partial charge in [0.15, 0.2) is 6.29 Å². The number of hydrazine groups is 1. The molecular formula is C14H17ClN4O2S. The van der Waals surface area contributed by atoms with Crippen LogP contribution in [0.3, 0.4) is 0 Å². The second-order valence-electron chi connectivity index (χ2n) is 5.15. The second-order valence-corrected chi connectivity index (χ2v) is 6.58. The smallest absolute Gasteiger partial charge is 0.299 e. The highest BCUT2D eigenvalue weighted by atomic mass is 35.5. The van der Waals surface area contributed by atoms with Gasteiger partial charge >= 0.3 is 4.87 Å². The molecule has 0 radical (unpaired) electrons. The van der Waals surface area contributed by atoms with Crippen LogP contribution >= 0.6 is 22.9 Å². The number of nitrogens with zero attached hydrogens (tertiary/aromatic N) is 3. The summed E-state index contributed by atoms with van der Waals surface area (Å²) in [5.74, 6) is 0. The summed E-state index contributed by atoms with van der Waals surface area (Å²) in [5, 5.41) is 2.65. The Morgan fingerprint density at radius 1 is 1.32 bits per heavy atom. The van der Waals surface area contributed by atoms with Crippen LogP contribution in [0.25, 0.3) is 10.2 Å². The van der Waals surface area contributed by atoms with E-state index in [0.29, 0.717) is 18.1 Å². The topological polar surface area (TPSA) is 57.6 Å². The maximum Gasteiger partial charge on any atom is 0.309 e. The van der Waals surface area contributed by atoms with Gasteiger partial charge in [0, 0.05) is 31.2 Å². The van der Waals surface area contributed by atoms with Crippen molar-refractivity contribution in [2.45, 2.75) is 6.17 Å². The number of carbonyl (C=O) groups excluding carboxylic acids is 1. The van der Waals surface area contributed by atoms with Crippen molar-refractivity contribution in [1.29, 1.82) is 0 Å². The summed E-state index contributed by atoms with van der Waals surface area (Å²) >= 11 is 7.18. The van der Waals surface area contributed by atoms with Gasteiger partial charge in [0.05, 0.1) is 10.2 Å². The molecule has 3 rings (SSSR count). The molecule has 0 aliphatic carbocycles. The van der Waals surface area contributed by atoms with Crippen molar-refractivity contribution in [3.05, 3.63) is 32.9 Å². The quantitative estimate of drug-likeness (QED) is 0.847. The summed E-state index contributed by atoms with van der Waals surface area (Å²) in [6.45, 7) is 3.04. The minimum Gasteiger partial charge on any atom is -0.299 e. The number of aromatic nitrogens is 1. The third-order valence-corrected chi connectivity index (χ3v) is 5.14. The first kappa shape index (κ1) is 15.6. The monoisotopic (exact) mass is 340 g/mol. The predicted molar refractivity (Wildman–Crippen MR) is 88.4 cm³/mol. The molecule has 1 aliphatic rings. The molecule has 2 heterocycles. The molecule has 1 fully saturated rings. The van der Waals surface area contributed by atoms with E-state index in [4.69, 9.17) is 11.6 Å². The van der Waals surface area contributed by atoms with Gasteiger partial charge in [-0.15, -0.1) is 0 Å². The molecule has 22 heavy (non-hydrogen) atoms. The van der Waals surface area contributed by atoms with Crippen molar-refractivity contribution in [1.82, 2.24) is 19.9 Å². The van der Waals surface area contributed by atoms with Crippen molar-refractivity contribution in [3.63, 3.8) is 0 Å². The molecule has 8 heteroatoms. The Labute approximate surface area is 136 Å². The summed E-state index contributed by atoms with van der Waals surface area (Å²) in [5.41, 5.74) is 3.82. The normalized spacial score (nSPS) is 18.6. The van der Waals surface area contributed by atoms with E-state index in [2.05, 4.69) is 10.4 Å².